The highest BCUT2D eigenvalue weighted by molar-refractivity contribution is 7.17. The number of aryl methyl sites for hydroxylation is 1. The molecule has 2 aliphatic carbocycles. The summed E-state index contributed by atoms with van der Waals surface area (Å²) < 4.78 is 0. The zero-order valence-corrected chi connectivity index (χ0v) is 17.5. The van der Waals surface area contributed by atoms with Gasteiger partial charge in [-0.15, -0.1) is 11.3 Å². The van der Waals surface area contributed by atoms with Crippen molar-refractivity contribution in [1.29, 1.82) is 0 Å². The summed E-state index contributed by atoms with van der Waals surface area (Å²) in [5.74, 6) is -0.875. The fraction of sp³-hybridized carbons (Fsp3) is 0.348. The second-order valence-electron chi connectivity index (χ2n) is 7.83. The molecule has 30 heavy (non-hydrogen) atoms. The smallest absolute Gasteiger partial charge is 0.251 e. The van der Waals surface area contributed by atoms with Gasteiger partial charge in [0.2, 0.25) is 5.91 Å². The lowest BCUT2D eigenvalue weighted by Crippen LogP contribution is -2.25. The summed E-state index contributed by atoms with van der Waals surface area (Å²) in [6.45, 7) is 0. The average Bonchev–Trinajstić information content (AvgIpc) is 3.51. The Morgan fingerprint density at radius 3 is 2.47 bits per heavy atom. The number of hydrogen-bond donors (Lipinski definition) is 3. The molecule has 1 aromatic carbocycles. The Kier molecular flexibility index (Phi) is 5.99. The lowest BCUT2D eigenvalue weighted by molar-refractivity contribution is -0.111. The standard InChI is InChI=1S/C23H25N3O3S/c24-21(28)20-17-4-2-1-3-5-18(17)30-23(20)26-19(27)13-8-14-6-9-15(10-7-14)22(29)25-16-11-12-16/h6-10,13,16H,1-5,11-12H2,(H2,24,28)(H,25,29)(H,26,27). The highest BCUT2D eigenvalue weighted by Gasteiger charge is 2.24. The van der Waals surface area contributed by atoms with Crippen LogP contribution in [0.4, 0.5) is 5.00 Å². The molecule has 7 heteroatoms. The van der Waals surface area contributed by atoms with Crippen molar-refractivity contribution < 1.29 is 14.4 Å². The first kappa shape index (κ1) is 20.3. The molecule has 156 valence electrons. The number of primary amides is 1. The summed E-state index contributed by atoms with van der Waals surface area (Å²) in [5.41, 5.74) is 8.50. The van der Waals surface area contributed by atoms with E-state index in [1.807, 2.05) is 0 Å². The Morgan fingerprint density at radius 1 is 1.03 bits per heavy atom. The van der Waals surface area contributed by atoms with Crippen molar-refractivity contribution in [3.63, 3.8) is 0 Å². The first-order valence-electron chi connectivity index (χ1n) is 10.4. The van der Waals surface area contributed by atoms with E-state index in [9.17, 15) is 14.4 Å². The van der Waals surface area contributed by atoms with Crippen LogP contribution in [-0.2, 0) is 17.6 Å². The van der Waals surface area contributed by atoms with E-state index in [0.29, 0.717) is 22.2 Å². The molecule has 0 saturated heterocycles. The minimum Gasteiger partial charge on any atom is -0.365 e. The summed E-state index contributed by atoms with van der Waals surface area (Å²) in [5, 5.41) is 6.31. The number of carbonyl (C=O) groups is 3. The van der Waals surface area contributed by atoms with E-state index in [4.69, 9.17) is 5.73 Å². The Morgan fingerprint density at radius 2 is 1.77 bits per heavy atom. The van der Waals surface area contributed by atoms with Crippen LogP contribution in [0.5, 0.6) is 0 Å². The Labute approximate surface area is 179 Å². The van der Waals surface area contributed by atoms with Gasteiger partial charge < -0.3 is 16.4 Å². The summed E-state index contributed by atoms with van der Waals surface area (Å²) in [6.07, 6.45) is 10.2. The van der Waals surface area contributed by atoms with Gasteiger partial charge in [0, 0.05) is 22.6 Å². The van der Waals surface area contributed by atoms with Gasteiger partial charge in [-0.25, -0.2) is 0 Å². The number of fused-ring (bicyclic) bond motifs is 1. The van der Waals surface area contributed by atoms with Crippen LogP contribution >= 0.6 is 11.3 Å². The van der Waals surface area contributed by atoms with Crippen molar-refractivity contribution in [2.75, 3.05) is 5.32 Å². The van der Waals surface area contributed by atoms with E-state index < -0.39 is 5.91 Å². The minimum atomic E-state index is -0.492. The zero-order valence-electron chi connectivity index (χ0n) is 16.7. The summed E-state index contributed by atoms with van der Waals surface area (Å²) in [7, 11) is 0. The van der Waals surface area contributed by atoms with Gasteiger partial charge in [-0.1, -0.05) is 18.6 Å². The fourth-order valence-electron chi connectivity index (χ4n) is 3.66. The minimum absolute atomic E-state index is 0.0674. The average molecular weight is 424 g/mol. The quantitative estimate of drug-likeness (QED) is 0.488. The van der Waals surface area contributed by atoms with Crippen molar-refractivity contribution in [3.05, 3.63) is 57.5 Å². The van der Waals surface area contributed by atoms with Crippen LogP contribution in [0.3, 0.4) is 0 Å². The second kappa shape index (κ2) is 8.83. The number of thiophene rings is 1. The third-order valence-corrected chi connectivity index (χ3v) is 6.62. The van der Waals surface area contributed by atoms with Crippen LogP contribution in [0.2, 0.25) is 0 Å². The van der Waals surface area contributed by atoms with Gasteiger partial charge in [0.15, 0.2) is 0 Å². The number of amides is 3. The molecule has 1 aromatic heterocycles. The highest BCUT2D eigenvalue weighted by atomic mass is 32.1. The third kappa shape index (κ3) is 4.79. The van der Waals surface area contributed by atoms with Crippen molar-refractivity contribution in [3.8, 4) is 0 Å². The monoisotopic (exact) mass is 423 g/mol. The predicted octanol–water partition coefficient (Wildman–Crippen LogP) is 3.66. The van der Waals surface area contributed by atoms with E-state index in [2.05, 4.69) is 10.6 Å². The molecule has 1 saturated carbocycles. The fourth-order valence-corrected chi connectivity index (χ4v) is 4.96. The topological polar surface area (TPSA) is 101 Å². The van der Waals surface area contributed by atoms with Crippen LogP contribution in [0.1, 0.15) is 68.8 Å². The van der Waals surface area contributed by atoms with E-state index in [1.54, 1.807) is 30.3 Å². The molecule has 6 nitrogen and oxygen atoms in total. The van der Waals surface area contributed by atoms with Gasteiger partial charge in [-0.05, 0) is 67.9 Å². The van der Waals surface area contributed by atoms with Gasteiger partial charge in [-0.3, -0.25) is 14.4 Å². The van der Waals surface area contributed by atoms with Crippen molar-refractivity contribution in [2.45, 2.75) is 51.0 Å². The molecule has 1 heterocycles. The lowest BCUT2D eigenvalue weighted by atomic mass is 10.1. The van der Waals surface area contributed by atoms with Crippen LogP contribution in [0.15, 0.2) is 30.3 Å². The van der Waals surface area contributed by atoms with Gasteiger partial charge in [0.05, 0.1) is 5.56 Å². The number of rotatable bonds is 6. The zero-order chi connectivity index (χ0) is 21.1. The summed E-state index contributed by atoms with van der Waals surface area (Å²) >= 11 is 1.46. The number of hydrogen-bond acceptors (Lipinski definition) is 4. The molecule has 0 atom stereocenters. The third-order valence-electron chi connectivity index (χ3n) is 5.42. The molecule has 1 fully saturated rings. The Bertz CT molecular complexity index is 1000. The van der Waals surface area contributed by atoms with Gasteiger partial charge in [0.25, 0.3) is 11.8 Å². The maximum Gasteiger partial charge on any atom is 0.251 e. The maximum atomic E-state index is 12.4. The molecule has 0 aliphatic heterocycles. The number of nitrogens with one attached hydrogen (secondary N) is 2. The predicted molar refractivity (Wildman–Crippen MR) is 119 cm³/mol. The Balaban J connectivity index is 1.42. The van der Waals surface area contributed by atoms with Crippen LogP contribution in [0, 0.1) is 0 Å². The van der Waals surface area contributed by atoms with Crippen LogP contribution in [-0.4, -0.2) is 23.8 Å². The van der Waals surface area contributed by atoms with E-state index in [1.165, 1.54) is 17.4 Å². The number of anilines is 1. The highest BCUT2D eigenvalue weighted by Crippen LogP contribution is 2.37. The van der Waals surface area contributed by atoms with E-state index in [0.717, 1.165) is 60.9 Å². The van der Waals surface area contributed by atoms with Crippen molar-refractivity contribution in [2.24, 2.45) is 5.73 Å². The first-order chi connectivity index (χ1) is 14.5. The van der Waals surface area contributed by atoms with Crippen LogP contribution < -0.4 is 16.4 Å². The van der Waals surface area contributed by atoms with E-state index in [-0.39, 0.29) is 11.8 Å². The van der Waals surface area contributed by atoms with Crippen LogP contribution in [0.25, 0.3) is 6.08 Å². The molecule has 0 bridgehead atoms. The number of nitrogens with two attached hydrogens (primary N) is 1. The normalized spacial score (nSPS) is 16.0. The Hall–Kier alpha value is -2.93. The molecule has 0 radical (unpaired) electrons. The van der Waals surface area contributed by atoms with Gasteiger partial charge >= 0.3 is 0 Å². The molecule has 0 spiro atoms. The molecule has 0 unspecified atom stereocenters. The molecule has 3 amide bonds. The number of carbonyl (C=O) groups excluding carboxylic acids is 3. The molecular weight excluding hydrogens is 398 g/mol. The number of benzene rings is 1. The molecule has 2 aliphatic rings. The molecule has 2 aromatic rings. The first-order valence-corrected chi connectivity index (χ1v) is 11.2. The van der Waals surface area contributed by atoms with Gasteiger partial charge in [-0.2, -0.15) is 0 Å². The summed E-state index contributed by atoms with van der Waals surface area (Å²) in [4.78, 5) is 37.6. The lowest BCUT2D eigenvalue weighted by Gasteiger charge is -2.05. The van der Waals surface area contributed by atoms with E-state index >= 15 is 0 Å². The SMILES string of the molecule is NC(=O)c1c(NC(=O)C=Cc2ccc(C(=O)NC3CC3)cc2)sc2c1CCCCC2. The van der Waals surface area contributed by atoms with Crippen molar-refractivity contribution >= 4 is 40.1 Å². The second-order valence-corrected chi connectivity index (χ2v) is 8.93. The largest absolute Gasteiger partial charge is 0.365 e. The summed E-state index contributed by atoms with van der Waals surface area (Å²) in [6, 6.07) is 7.41. The molecule has 4 N–H and O–H groups in total. The van der Waals surface area contributed by atoms with Crippen molar-refractivity contribution in [1.82, 2.24) is 5.32 Å². The molecule has 4 rings (SSSR count). The maximum absolute atomic E-state index is 12.4. The van der Waals surface area contributed by atoms with Gasteiger partial charge in [0.1, 0.15) is 5.00 Å². The molecular formula is C23H25N3O3S.